The van der Waals surface area contributed by atoms with Gasteiger partial charge in [-0.15, -0.1) is 0 Å². The summed E-state index contributed by atoms with van der Waals surface area (Å²) in [6.45, 7) is 3.76. The van der Waals surface area contributed by atoms with Crippen LogP contribution in [0, 0.1) is 11.3 Å². The molecule has 1 unspecified atom stereocenters. The van der Waals surface area contributed by atoms with Crippen molar-refractivity contribution in [3.05, 3.63) is 24.3 Å². The number of rotatable bonds is 4. The third-order valence-electron chi connectivity index (χ3n) is 1.46. The van der Waals surface area contributed by atoms with Crippen LogP contribution in [0.4, 0.5) is 0 Å². The summed E-state index contributed by atoms with van der Waals surface area (Å²) >= 11 is 0. The van der Waals surface area contributed by atoms with Crippen LogP contribution >= 0.6 is 0 Å². The van der Waals surface area contributed by atoms with Gasteiger partial charge in [0, 0.05) is 6.42 Å². The molecule has 0 aliphatic carbocycles. The highest BCUT2D eigenvalue weighted by Crippen LogP contribution is 2.16. The van der Waals surface area contributed by atoms with Crippen LogP contribution in [0.2, 0.25) is 0 Å². The average Bonchev–Trinajstić information content (AvgIpc) is 2.13. The van der Waals surface area contributed by atoms with E-state index >= 15 is 0 Å². The molecule has 63 valence electrons. The largest absolute Gasteiger partial charge is 0.398 e. The van der Waals surface area contributed by atoms with Gasteiger partial charge in [0.15, 0.2) is 5.60 Å². The Bertz CT molecular complexity index is 217. The fourth-order valence-corrected chi connectivity index (χ4v) is 1.01. The molecule has 0 aliphatic heterocycles. The van der Waals surface area contributed by atoms with E-state index in [-0.39, 0.29) is 0 Å². The molecule has 12 heavy (non-hydrogen) atoms. The Labute approximate surface area is 77.1 Å². The molecule has 0 fully saturated rings. The van der Waals surface area contributed by atoms with Gasteiger partial charge in [-0.25, -0.2) is 0 Å². The maximum Gasteiger partial charge on any atom is 0.248 e. The van der Waals surface area contributed by atoms with Gasteiger partial charge in [0.05, 0.1) is 0 Å². The Morgan fingerprint density at radius 2 is 2.17 bits per heavy atom. The van der Waals surface area contributed by atoms with Crippen LogP contribution < -0.4 is 0 Å². The fourth-order valence-electron chi connectivity index (χ4n) is 0.812. The van der Waals surface area contributed by atoms with E-state index in [1.54, 1.807) is 12.2 Å². The second kappa shape index (κ2) is 5.75. The Balaban J connectivity index is 4.49. The molecule has 0 saturated heterocycles. The number of nitrogens with zero attached hydrogens (tertiary/aromatic N) is 1. The molecular weight excluding hydrogens is 166 g/mol. The molecule has 3 radical (unpaired) electrons. The van der Waals surface area contributed by atoms with E-state index in [1.807, 2.05) is 26.0 Å². The summed E-state index contributed by atoms with van der Waals surface area (Å²) < 4.78 is 4.94. The molecule has 0 rings (SSSR count). The first-order chi connectivity index (χ1) is 5.74. The van der Waals surface area contributed by atoms with Crippen molar-refractivity contribution in [1.29, 1.82) is 5.26 Å². The molecular formula is C9H12NOSi. The maximum absolute atomic E-state index is 8.84. The molecule has 0 aromatic carbocycles. The molecule has 0 bridgehead atoms. The van der Waals surface area contributed by atoms with Crippen LogP contribution in [0.15, 0.2) is 24.3 Å². The van der Waals surface area contributed by atoms with Gasteiger partial charge in [-0.05, 0) is 19.9 Å². The van der Waals surface area contributed by atoms with Crippen molar-refractivity contribution < 1.29 is 4.43 Å². The summed E-state index contributed by atoms with van der Waals surface area (Å²) in [6.07, 6.45) is 7.85. The number of nitriles is 1. The van der Waals surface area contributed by atoms with Gasteiger partial charge in [-0.3, -0.25) is 0 Å². The number of hydrogen-bond donors (Lipinski definition) is 0. The maximum atomic E-state index is 8.84. The van der Waals surface area contributed by atoms with Crippen LogP contribution in [0.25, 0.3) is 0 Å². The van der Waals surface area contributed by atoms with E-state index in [0.717, 1.165) is 0 Å². The van der Waals surface area contributed by atoms with Gasteiger partial charge in [-0.1, -0.05) is 18.2 Å². The van der Waals surface area contributed by atoms with Gasteiger partial charge in [0.2, 0.25) is 10.5 Å². The Morgan fingerprint density at radius 3 is 2.50 bits per heavy atom. The predicted molar refractivity (Wildman–Crippen MR) is 49.4 cm³/mol. The first-order valence-corrected chi connectivity index (χ1v) is 4.16. The first kappa shape index (κ1) is 11.1. The van der Waals surface area contributed by atoms with Crippen molar-refractivity contribution >= 4 is 10.5 Å². The van der Waals surface area contributed by atoms with E-state index in [2.05, 4.69) is 16.6 Å². The molecule has 0 aromatic rings. The molecule has 0 aromatic heterocycles. The molecule has 0 spiro atoms. The van der Waals surface area contributed by atoms with E-state index in [1.165, 1.54) is 0 Å². The number of hydrogen-bond acceptors (Lipinski definition) is 2. The predicted octanol–water partition coefficient (Wildman–Crippen LogP) is 1.89. The van der Waals surface area contributed by atoms with Crippen molar-refractivity contribution in [3.63, 3.8) is 0 Å². The van der Waals surface area contributed by atoms with Crippen LogP contribution in [0.5, 0.6) is 0 Å². The van der Waals surface area contributed by atoms with E-state index in [0.29, 0.717) is 6.42 Å². The van der Waals surface area contributed by atoms with Gasteiger partial charge in [0.25, 0.3) is 0 Å². The molecule has 0 heterocycles. The summed E-state index contributed by atoms with van der Waals surface area (Å²) in [5.41, 5.74) is -0.863. The molecule has 0 saturated carbocycles. The monoisotopic (exact) mass is 178 g/mol. The zero-order valence-electron chi connectivity index (χ0n) is 7.37. The third-order valence-corrected chi connectivity index (χ3v) is 1.83. The van der Waals surface area contributed by atoms with Crippen molar-refractivity contribution in [2.45, 2.75) is 25.9 Å². The summed E-state index contributed by atoms with van der Waals surface area (Å²) in [5, 5.41) is 8.84. The highest BCUT2D eigenvalue weighted by atomic mass is 28.2. The van der Waals surface area contributed by atoms with Gasteiger partial charge in [-0.2, -0.15) is 5.26 Å². The Morgan fingerprint density at radius 1 is 1.50 bits per heavy atom. The zero-order chi connectivity index (χ0) is 9.45. The topological polar surface area (TPSA) is 33.0 Å². The van der Waals surface area contributed by atoms with Crippen molar-refractivity contribution in [1.82, 2.24) is 0 Å². The van der Waals surface area contributed by atoms with E-state index < -0.39 is 5.60 Å². The summed E-state index contributed by atoms with van der Waals surface area (Å²) in [7, 11) is 2.91. The van der Waals surface area contributed by atoms with Crippen LogP contribution in [0.1, 0.15) is 20.3 Å². The van der Waals surface area contributed by atoms with E-state index in [4.69, 9.17) is 9.69 Å². The second-order valence-corrected chi connectivity index (χ2v) is 2.58. The summed E-state index contributed by atoms with van der Waals surface area (Å²) in [5.74, 6) is 0. The quantitative estimate of drug-likeness (QED) is 0.486. The number of allylic oxidation sites excluding steroid dienone is 2. The van der Waals surface area contributed by atoms with Gasteiger partial charge < -0.3 is 4.43 Å². The van der Waals surface area contributed by atoms with Crippen LogP contribution in [-0.2, 0) is 4.43 Å². The smallest absolute Gasteiger partial charge is 0.248 e. The van der Waals surface area contributed by atoms with Crippen molar-refractivity contribution in [3.8, 4) is 6.07 Å². The minimum atomic E-state index is -0.863. The average molecular weight is 178 g/mol. The summed E-state index contributed by atoms with van der Waals surface area (Å²) in [4.78, 5) is 0. The first-order valence-electron chi connectivity index (χ1n) is 3.75. The fraction of sp³-hybridized carbons (Fsp3) is 0.444. The third kappa shape index (κ3) is 3.03. The molecule has 0 amide bonds. The standard InChI is InChI=1S/C9H12NOSi/c1-3-5-7-9(8-10,11-12)6-4-2/h3-6H,7H2,1-2H3/b5-3+,6-4+. The Kier molecular flexibility index (Phi) is 5.34. The Hall–Kier alpha value is -0.853. The van der Waals surface area contributed by atoms with Gasteiger partial charge in [0.1, 0.15) is 6.07 Å². The molecule has 0 N–H and O–H groups in total. The summed E-state index contributed by atoms with van der Waals surface area (Å²) in [6, 6.07) is 2.09. The molecule has 1 atom stereocenters. The lowest BCUT2D eigenvalue weighted by atomic mass is 10.0. The lowest BCUT2D eigenvalue weighted by molar-refractivity contribution is 0.201. The minimum Gasteiger partial charge on any atom is -0.398 e. The van der Waals surface area contributed by atoms with E-state index in [9.17, 15) is 0 Å². The lowest BCUT2D eigenvalue weighted by Gasteiger charge is -2.18. The normalized spacial score (nSPS) is 16.5. The molecule has 2 nitrogen and oxygen atoms in total. The van der Waals surface area contributed by atoms with Crippen LogP contribution in [0.3, 0.4) is 0 Å². The molecule has 0 aliphatic rings. The van der Waals surface area contributed by atoms with Crippen LogP contribution in [-0.4, -0.2) is 16.1 Å². The SMILES string of the molecule is C/C=C/CC(C#N)(/C=C/C)O[Si]. The highest BCUT2D eigenvalue weighted by molar-refractivity contribution is 5.98. The zero-order valence-corrected chi connectivity index (χ0v) is 8.37. The molecule has 3 heteroatoms. The lowest BCUT2D eigenvalue weighted by Crippen LogP contribution is -2.26. The van der Waals surface area contributed by atoms with Gasteiger partial charge >= 0.3 is 0 Å². The second-order valence-electron chi connectivity index (χ2n) is 2.38. The van der Waals surface area contributed by atoms with Crippen molar-refractivity contribution in [2.75, 3.05) is 0 Å². The van der Waals surface area contributed by atoms with Crippen molar-refractivity contribution in [2.24, 2.45) is 0 Å². The highest BCUT2D eigenvalue weighted by Gasteiger charge is 2.23. The minimum absolute atomic E-state index is 0.549.